The van der Waals surface area contributed by atoms with Crippen LogP contribution in [0.2, 0.25) is 0 Å². The molecule has 1 fully saturated rings. The number of rotatable bonds is 2. The number of ether oxygens (including phenoxy) is 1. The molecule has 0 bridgehead atoms. The molecule has 2 heteroatoms. The SMILES string of the molecule is OC1CCOCC1CC1Cc2ccccc21. The zero-order valence-electron chi connectivity index (χ0n) is 9.43. The van der Waals surface area contributed by atoms with E-state index in [0.717, 1.165) is 26.1 Å². The van der Waals surface area contributed by atoms with E-state index in [1.165, 1.54) is 17.5 Å². The second kappa shape index (κ2) is 4.19. The van der Waals surface area contributed by atoms with Crippen LogP contribution in [0, 0.1) is 5.92 Å². The minimum Gasteiger partial charge on any atom is -0.393 e. The molecule has 1 aromatic carbocycles. The van der Waals surface area contributed by atoms with Gasteiger partial charge in [0.1, 0.15) is 0 Å². The van der Waals surface area contributed by atoms with Gasteiger partial charge in [-0.05, 0) is 36.3 Å². The summed E-state index contributed by atoms with van der Waals surface area (Å²) in [6.07, 6.45) is 2.91. The predicted octanol–water partition coefficient (Wildman–Crippen LogP) is 2.11. The molecular weight excluding hydrogens is 200 g/mol. The van der Waals surface area contributed by atoms with Crippen molar-refractivity contribution in [2.75, 3.05) is 13.2 Å². The summed E-state index contributed by atoms with van der Waals surface area (Å²) in [7, 11) is 0. The Morgan fingerprint density at radius 1 is 1.31 bits per heavy atom. The van der Waals surface area contributed by atoms with Gasteiger partial charge in [0.2, 0.25) is 0 Å². The highest BCUT2D eigenvalue weighted by Crippen LogP contribution is 2.40. The van der Waals surface area contributed by atoms with E-state index >= 15 is 0 Å². The van der Waals surface area contributed by atoms with E-state index in [0.29, 0.717) is 11.8 Å². The molecule has 1 heterocycles. The molecule has 0 amide bonds. The number of hydrogen-bond donors (Lipinski definition) is 1. The Bertz CT molecular complexity index is 375. The molecule has 16 heavy (non-hydrogen) atoms. The molecule has 0 aromatic heterocycles. The summed E-state index contributed by atoms with van der Waals surface area (Å²) in [6, 6.07) is 8.64. The zero-order chi connectivity index (χ0) is 11.0. The maximum Gasteiger partial charge on any atom is 0.0612 e. The molecule has 1 aromatic rings. The van der Waals surface area contributed by atoms with Gasteiger partial charge < -0.3 is 9.84 Å². The minimum absolute atomic E-state index is 0.151. The fraction of sp³-hybridized carbons (Fsp3) is 0.571. The van der Waals surface area contributed by atoms with Crippen molar-refractivity contribution in [3.8, 4) is 0 Å². The van der Waals surface area contributed by atoms with Crippen LogP contribution in [0.25, 0.3) is 0 Å². The Balaban J connectivity index is 1.65. The van der Waals surface area contributed by atoms with Crippen molar-refractivity contribution in [1.29, 1.82) is 0 Å². The van der Waals surface area contributed by atoms with Crippen molar-refractivity contribution in [2.24, 2.45) is 5.92 Å². The van der Waals surface area contributed by atoms with Crippen molar-refractivity contribution in [3.05, 3.63) is 35.4 Å². The fourth-order valence-electron chi connectivity index (χ4n) is 2.95. The highest BCUT2D eigenvalue weighted by atomic mass is 16.5. The third-order valence-electron chi connectivity index (χ3n) is 3.98. The predicted molar refractivity (Wildman–Crippen MR) is 62.4 cm³/mol. The Kier molecular flexibility index (Phi) is 2.70. The molecule has 0 saturated carbocycles. The fourth-order valence-corrected chi connectivity index (χ4v) is 2.95. The second-order valence-electron chi connectivity index (χ2n) is 5.03. The van der Waals surface area contributed by atoms with Gasteiger partial charge in [0.05, 0.1) is 12.7 Å². The summed E-state index contributed by atoms with van der Waals surface area (Å²) in [5, 5.41) is 9.91. The molecule has 3 unspecified atom stereocenters. The van der Waals surface area contributed by atoms with E-state index in [9.17, 15) is 5.11 Å². The van der Waals surface area contributed by atoms with Crippen LogP contribution in [0.3, 0.4) is 0 Å². The Morgan fingerprint density at radius 2 is 2.19 bits per heavy atom. The van der Waals surface area contributed by atoms with Gasteiger partial charge in [0.15, 0.2) is 0 Å². The first-order valence-corrected chi connectivity index (χ1v) is 6.18. The third kappa shape index (κ3) is 1.76. The summed E-state index contributed by atoms with van der Waals surface area (Å²) in [5.74, 6) is 0.990. The summed E-state index contributed by atoms with van der Waals surface area (Å²) in [5.41, 5.74) is 2.97. The van der Waals surface area contributed by atoms with Crippen molar-refractivity contribution in [1.82, 2.24) is 0 Å². The topological polar surface area (TPSA) is 29.5 Å². The van der Waals surface area contributed by atoms with Crippen LogP contribution >= 0.6 is 0 Å². The van der Waals surface area contributed by atoms with Crippen LogP contribution < -0.4 is 0 Å². The molecule has 3 rings (SSSR count). The number of aliphatic hydroxyl groups is 1. The quantitative estimate of drug-likeness (QED) is 0.824. The van der Waals surface area contributed by atoms with E-state index in [4.69, 9.17) is 4.74 Å². The molecule has 3 atom stereocenters. The van der Waals surface area contributed by atoms with E-state index < -0.39 is 0 Å². The molecule has 2 nitrogen and oxygen atoms in total. The Morgan fingerprint density at radius 3 is 3.00 bits per heavy atom. The number of fused-ring (bicyclic) bond motifs is 1. The first-order chi connectivity index (χ1) is 7.84. The molecule has 0 spiro atoms. The minimum atomic E-state index is -0.151. The van der Waals surface area contributed by atoms with Gasteiger partial charge in [-0.25, -0.2) is 0 Å². The van der Waals surface area contributed by atoms with Crippen molar-refractivity contribution < 1.29 is 9.84 Å². The largest absolute Gasteiger partial charge is 0.393 e. The Labute approximate surface area is 96.2 Å². The lowest BCUT2D eigenvalue weighted by Gasteiger charge is -2.36. The normalized spacial score (nSPS) is 32.9. The van der Waals surface area contributed by atoms with Gasteiger partial charge in [-0.3, -0.25) is 0 Å². The summed E-state index contributed by atoms with van der Waals surface area (Å²) < 4.78 is 5.45. The van der Waals surface area contributed by atoms with Gasteiger partial charge in [0, 0.05) is 12.5 Å². The Hall–Kier alpha value is -0.860. The smallest absolute Gasteiger partial charge is 0.0612 e. The molecule has 1 N–H and O–H groups in total. The highest BCUT2D eigenvalue weighted by molar-refractivity contribution is 5.39. The lowest BCUT2D eigenvalue weighted by molar-refractivity contribution is -0.0412. The number of hydrogen-bond acceptors (Lipinski definition) is 2. The molecular formula is C14H18O2. The van der Waals surface area contributed by atoms with Gasteiger partial charge in [-0.1, -0.05) is 24.3 Å². The number of benzene rings is 1. The van der Waals surface area contributed by atoms with Crippen molar-refractivity contribution >= 4 is 0 Å². The maximum absolute atomic E-state index is 9.91. The molecule has 1 saturated heterocycles. The first kappa shape index (κ1) is 10.3. The average Bonchev–Trinajstić information content (AvgIpc) is 2.28. The van der Waals surface area contributed by atoms with Crippen molar-refractivity contribution in [2.45, 2.75) is 31.3 Å². The molecule has 2 aliphatic rings. The molecule has 1 aliphatic carbocycles. The summed E-state index contributed by atoms with van der Waals surface area (Å²) in [6.45, 7) is 1.46. The summed E-state index contributed by atoms with van der Waals surface area (Å²) in [4.78, 5) is 0. The van der Waals surface area contributed by atoms with E-state index in [-0.39, 0.29) is 6.10 Å². The average molecular weight is 218 g/mol. The molecule has 86 valence electrons. The van der Waals surface area contributed by atoms with Gasteiger partial charge in [0.25, 0.3) is 0 Å². The molecule has 0 radical (unpaired) electrons. The van der Waals surface area contributed by atoms with Crippen LogP contribution in [0.15, 0.2) is 24.3 Å². The lowest BCUT2D eigenvalue weighted by atomic mass is 9.72. The summed E-state index contributed by atoms with van der Waals surface area (Å²) >= 11 is 0. The zero-order valence-corrected chi connectivity index (χ0v) is 9.43. The monoisotopic (exact) mass is 218 g/mol. The highest BCUT2D eigenvalue weighted by Gasteiger charge is 2.32. The maximum atomic E-state index is 9.91. The van der Waals surface area contributed by atoms with Crippen LogP contribution in [-0.2, 0) is 11.2 Å². The van der Waals surface area contributed by atoms with Gasteiger partial charge >= 0.3 is 0 Å². The van der Waals surface area contributed by atoms with Crippen LogP contribution in [-0.4, -0.2) is 24.4 Å². The first-order valence-electron chi connectivity index (χ1n) is 6.18. The number of aliphatic hydroxyl groups excluding tert-OH is 1. The standard InChI is InChI=1S/C14H18O2/c15-14-5-6-16-9-12(14)8-11-7-10-3-1-2-4-13(10)11/h1-4,11-12,14-15H,5-9H2. The van der Waals surface area contributed by atoms with Crippen molar-refractivity contribution in [3.63, 3.8) is 0 Å². The lowest BCUT2D eigenvalue weighted by Crippen LogP contribution is -2.34. The van der Waals surface area contributed by atoms with Gasteiger partial charge in [-0.2, -0.15) is 0 Å². The van der Waals surface area contributed by atoms with E-state index in [1.54, 1.807) is 0 Å². The van der Waals surface area contributed by atoms with E-state index in [2.05, 4.69) is 24.3 Å². The second-order valence-corrected chi connectivity index (χ2v) is 5.03. The van der Waals surface area contributed by atoms with Crippen LogP contribution in [0.4, 0.5) is 0 Å². The van der Waals surface area contributed by atoms with E-state index in [1.807, 2.05) is 0 Å². The molecule has 1 aliphatic heterocycles. The van der Waals surface area contributed by atoms with Crippen LogP contribution in [0.5, 0.6) is 0 Å². The van der Waals surface area contributed by atoms with Crippen LogP contribution in [0.1, 0.15) is 29.9 Å². The third-order valence-corrected chi connectivity index (χ3v) is 3.98. The van der Waals surface area contributed by atoms with Gasteiger partial charge in [-0.15, -0.1) is 0 Å².